The molecule has 10 aromatic carbocycles. The molecule has 3 nitrogen and oxygen atoms in total. The molecule has 0 aliphatic heterocycles. The highest BCUT2D eigenvalue weighted by Crippen LogP contribution is 2.40. The van der Waals surface area contributed by atoms with Gasteiger partial charge < -0.3 is 15.5 Å². The molecule has 0 fully saturated rings. The fourth-order valence-corrected chi connectivity index (χ4v) is 8.61. The van der Waals surface area contributed by atoms with Crippen molar-refractivity contribution in [1.29, 1.82) is 0 Å². The minimum atomic E-state index is -0.0221. The molecule has 10 aromatic rings. The first kappa shape index (κ1) is 40.8. The Morgan fingerprint density at radius 3 is 0.708 bits per heavy atom. The molecule has 0 saturated carbocycles. The molecule has 0 heterocycles. The van der Waals surface area contributed by atoms with E-state index >= 15 is 0 Å². The van der Waals surface area contributed by atoms with Gasteiger partial charge >= 0.3 is 0 Å². The normalized spacial score (nSPS) is 11.5. The van der Waals surface area contributed by atoms with Crippen molar-refractivity contribution in [3.05, 3.63) is 266 Å². The van der Waals surface area contributed by atoms with Crippen LogP contribution in [0.15, 0.2) is 261 Å². The van der Waals surface area contributed by atoms with Gasteiger partial charge in [-0.1, -0.05) is 182 Å². The predicted octanol–water partition coefficient (Wildman–Crippen LogP) is 17.0. The maximum Gasteiger partial charge on any atom is 0.0462 e. The van der Waals surface area contributed by atoms with Crippen molar-refractivity contribution in [3.63, 3.8) is 0 Å². The van der Waals surface area contributed by atoms with Crippen molar-refractivity contribution >= 4 is 34.1 Å². The third kappa shape index (κ3) is 9.01. The Morgan fingerprint density at radius 2 is 0.462 bits per heavy atom. The Morgan fingerprint density at radius 1 is 0.246 bits per heavy atom. The van der Waals surface area contributed by atoms with Crippen molar-refractivity contribution in [1.82, 2.24) is 0 Å². The number of anilines is 6. The molecule has 0 aromatic heterocycles. The molecule has 0 aliphatic carbocycles. The van der Waals surface area contributed by atoms with E-state index in [-0.39, 0.29) is 6.04 Å². The van der Waals surface area contributed by atoms with E-state index in [1.807, 2.05) is 6.92 Å². The van der Waals surface area contributed by atoms with Crippen LogP contribution >= 0.6 is 0 Å². The molecule has 0 saturated heterocycles. The fourth-order valence-electron chi connectivity index (χ4n) is 8.61. The zero-order chi connectivity index (χ0) is 44.0. The van der Waals surface area contributed by atoms with Crippen LogP contribution in [-0.2, 0) is 0 Å². The second kappa shape index (κ2) is 18.6. The third-order valence-electron chi connectivity index (χ3n) is 12.2. The van der Waals surface area contributed by atoms with E-state index in [9.17, 15) is 0 Å². The van der Waals surface area contributed by atoms with Crippen LogP contribution in [-0.4, -0.2) is 0 Å². The van der Waals surface area contributed by atoms with Crippen LogP contribution in [0.1, 0.15) is 18.5 Å². The van der Waals surface area contributed by atoms with Gasteiger partial charge in [-0.25, -0.2) is 0 Å². The lowest BCUT2D eigenvalue weighted by Crippen LogP contribution is -2.10. The molecule has 2 N–H and O–H groups in total. The van der Waals surface area contributed by atoms with Crippen molar-refractivity contribution in [2.45, 2.75) is 13.0 Å². The predicted molar refractivity (Wildman–Crippen MR) is 276 cm³/mol. The number of nitrogens with two attached hydrogens (primary N) is 1. The first-order valence-corrected chi connectivity index (χ1v) is 22.3. The van der Waals surface area contributed by atoms with Gasteiger partial charge in [0.1, 0.15) is 0 Å². The fraction of sp³-hybridized carbons (Fsp3) is 0.0323. The molecule has 10 rings (SSSR count). The summed E-state index contributed by atoms with van der Waals surface area (Å²) in [5.74, 6) is 0. The molecule has 0 bridgehead atoms. The molecule has 0 amide bonds. The second-order valence-corrected chi connectivity index (χ2v) is 16.5. The summed E-state index contributed by atoms with van der Waals surface area (Å²) in [6.45, 7) is 2.03. The Balaban J connectivity index is 0.960. The summed E-state index contributed by atoms with van der Waals surface area (Å²) in [7, 11) is 0. The molecule has 312 valence electrons. The quantitative estimate of drug-likeness (QED) is 0.133. The smallest absolute Gasteiger partial charge is 0.0462 e. The van der Waals surface area contributed by atoms with E-state index in [1.54, 1.807) is 0 Å². The van der Waals surface area contributed by atoms with Crippen molar-refractivity contribution in [2.24, 2.45) is 5.73 Å². The van der Waals surface area contributed by atoms with Gasteiger partial charge in [-0.3, -0.25) is 0 Å². The Kier molecular flexibility index (Phi) is 11.7. The highest BCUT2D eigenvalue weighted by molar-refractivity contribution is 5.83. The number of hydrogen-bond donors (Lipinski definition) is 1. The maximum absolute atomic E-state index is 6.24. The molecule has 0 aliphatic rings. The summed E-state index contributed by atoms with van der Waals surface area (Å²) >= 11 is 0. The van der Waals surface area contributed by atoms with Crippen LogP contribution in [0, 0.1) is 0 Å². The molecule has 3 heteroatoms. The summed E-state index contributed by atoms with van der Waals surface area (Å²) in [4.78, 5) is 4.66. The third-order valence-corrected chi connectivity index (χ3v) is 12.2. The van der Waals surface area contributed by atoms with Crippen molar-refractivity contribution in [3.8, 4) is 55.6 Å². The molecule has 1 unspecified atom stereocenters. The molecule has 0 radical (unpaired) electrons. The van der Waals surface area contributed by atoms with E-state index in [0.29, 0.717) is 0 Å². The second-order valence-electron chi connectivity index (χ2n) is 16.5. The lowest BCUT2D eigenvalue weighted by atomic mass is 10.00. The van der Waals surface area contributed by atoms with Crippen molar-refractivity contribution < 1.29 is 0 Å². The SMILES string of the molecule is CC(N)c1cccc(-c2ccc(N(c3ccc(-c4ccccc4)cc3)c3ccc(-c4ccc(N(c5ccc(-c6ccccc6)cc5)c5ccc(-c6ccccc6)cc5)cc4)cc3)cc2)c1. The van der Waals surface area contributed by atoms with Gasteiger partial charge in [0.25, 0.3) is 0 Å². The minimum Gasteiger partial charge on any atom is -0.324 e. The first-order valence-electron chi connectivity index (χ1n) is 22.3. The van der Waals surface area contributed by atoms with Crippen LogP contribution < -0.4 is 15.5 Å². The number of hydrogen-bond acceptors (Lipinski definition) is 3. The lowest BCUT2D eigenvalue weighted by Gasteiger charge is -2.27. The van der Waals surface area contributed by atoms with Gasteiger partial charge in [-0.05, 0) is 147 Å². The van der Waals surface area contributed by atoms with E-state index in [4.69, 9.17) is 5.73 Å². The largest absolute Gasteiger partial charge is 0.324 e. The summed E-state index contributed by atoms with van der Waals surface area (Å²) in [5, 5.41) is 0. The standard InChI is InChI=1S/C62H49N3/c1-45(63)55-18-11-19-56(44-55)54-30-42-62(43-31-54)65(59-36-24-51(25-37-59)48-16-9-4-10-17-48)61-40-28-53(29-41-61)52-26-38-60(39-27-52)64(57-32-20-49(21-33-57)46-12-5-2-6-13-46)58-34-22-50(23-35-58)47-14-7-3-8-15-47/h2-45H,63H2,1H3. The Labute approximate surface area is 383 Å². The van der Waals surface area contributed by atoms with E-state index in [1.165, 1.54) is 33.4 Å². The van der Waals surface area contributed by atoms with Crippen LogP contribution in [0.5, 0.6) is 0 Å². The molecule has 65 heavy (non-hydrogen) atoms. The van der Waals surface area contributed by atoms with Gasteiger partial charge in [0, 0.05) is 40.2 Å². The van der Waals surface area contributed by atoms with E-state index in [0.717, 1.165) is 61.9 Å². The number of benzene rings is 10. The van der Waals surface area contributed by atoms with Crippen LogP contribution in [0.3, 0.4) is 0 Å². The highest BCUT2D eigenvalue weighted by Gasteiger charge is 2.16. The van der Waals surface area contributed by atoms with Gasteiger partial charge in [0.05, 0.1) is 0 Å². The zero-order valence-electron chi connectivity index (χ0n) is 36.4. The lowest BCUT2D eigenvalue weighted by molar-refractivity contribution is 0.819. The summed E-state index contributed by atoms with van der Waals surface area (Å²) < 4.78 is 0. The monoisotopic (exact) mass is 835 g/mol. The highest BCUT2D eigenvalue weighted by atomic mass is 15.1. The van der Waals surface area contributed by atoms with E-state index < -0.39 is 0 Å². The van der Waals surface area contributed by atoms with Crippen molar-refractivity contribution in [2.75, 3.05) is 9.80 Å². The molecular weight excluding hydrogens is 787 g/mol. The first-order chi connectivity index (χ1) is 32.0. The zero-order valence-corrected chi connectivity index (χ0v) is 36.4. The van der Waals surface area contributed by atoms with Crippen LogP contribution in [0.4, 0.5) is 34.1 Å². The van der Waals surface area contributed by atoms with Gasteiger partial charge in [-0.2, -0.15) is 0 Å². The van der Waals surface area contributed by atoms with Crippen LogP contribution in [0.2, 0.25) is 0 Å². The molecule has 0 spiro atoms. The number of rotatable bonds is 12. The van der Waals surface area contributed by atoms with Gasteiger partial charge in [0.2, 0.25) is 0 Å². The topological polar surface area (TPSA) is 32.5 Å². The van der Waals surface area contributed by atoms with E-state index in [2.05, 4.69) is 271 Å². The minimum absolute atomic E-state index is 0.0221. The van der Waals surface area contributed by atoms with Gasteiger partial charge in [0.15, 0.2) is 0 Å². The average molecular weight is 836 g/mol. The Hall–Kier alpha value is -8.24. The summed E-state index contributed by atoms with van der Waals surface area (Å²) in [6.07, 6.45) is 0. The number of nitrogens with zero attached hydrogens (tertiary/aromatic N) is 2. The molecule has 1 atom stereocenters. The van der Waals surface area contributed by atoms with Crippen LogP contribution in [0.25, 0.3) is 55.6 Å². The summed E-state index contributed by atoms with van der Waals surface area (Å²) in [5.41, 5.74) is 25.7. The van der Waals surface area contributed by atoms with Gasteiger partial charge in [-0.15, -0.1) is 0 Å². The maximum atomic E-state index is 6.24. The molecular formula is C62H49N3. The Bertz CT molecular complexity index is 3010. The average Bonchev–Trinajstić information content (AvgIpc) is 3.39. The summed E-state index contributed by atoms with van der Waals surface area (Å²) in [6, 6.07) is 93.3.